The van der Waals surface area contributed by atoms with E-state index in [1.54, 1.807) is 12.1 Å². The van der Waals surface area contributed by atoms with Gasteiger partial charge in [0.25, 0.3) is 0 Å². The van der Waals surface area contributed by atoms with Gasteiger partial charge in [-0.25, -0.2) is 0 Å². The molecule has 2 N–H and O–H groups in total. The van der Waals surface area contributed by atoms with Gasteiger partial charge in [-0.1, -0.05) is 55.8 Å². The topological polar surface area (TPSA) is 49.3 Å². The number of hydrogen-bond donors (Lipinski definition) is 2. The maximum atomic E-state index is 12.5. The Morgan fingerprint density at radius 3 is 2.22 bits per heavy atom. The lowest BCUT2D eigenvalue weighted by molar-refractivity contribution is 0.466. The number of benzene rings is 2. The predicted octanol–water partition coefficient (Wildman–Crippen LogP) is 4.50. The lowest BCUT2D eigenvalue weighted by atomic mass is 10.1. The van der Waals surface area contributed by atoms with Gasteiger partial charge < -0.3 is 0 Å². The Morgan fingerprint density at radius 2 is 1.61 bits per heavy atom. The highest BCUT2D eigenvalue weighted by molar-refractivity contribution is 7.95. The standard InChI is InChI=1S/C19H25NO2S/c1-3-7-17-12-14-19(15-13-17)23(21,22)20-16(2)10-11-18-8-5-4-6-9-18/h4-6,8-9,12-16H,3,7,10-11H2,1-2H3,(H-,20,21,22)/p+1. The second-order valence-corrected chi connectivity index (χ2v) is 7.72. The minimum Gasteiger partial charge on any atom is -0.163 e. The molecule has 0 saturated heterocycles. The highest BCUT2D eigenvalue weighted by Gasteiger charge is 2.30. The molecule has 0 radical (unpaired) electrons. The lowest BCUT2D eigenvalue weighted by Crippen LogP contribution is -2.37. The molecular weight excluding hydrogens is 306 g/mol. The molecule has 3 nitrogen and oxygen atoms in total. The molecule has 0 aliphatic heterocycles. The zero-order valence-electron chi connectivity index (χ0n) is 13.9. The van der Waals surface area contributed by atoms with Gasteiger partial charge in [-0.3, -0.25) is 0 Å². The van der Waals surface area contributed by atoms with E-state index in [4.69, 9.17) is 0 Å². The van der Waals surface area contributed by atoms with Crippen molar-refractivity contribution in [3.05, 3.63) is 65.7 Å². The Bertz CT molecular complexity index is 640. The van der Waals surface area contributed by atoms with Gasteiger partial charge in [0.15, 0.2) is 0 Å². The van der Waals surface area contributed by atoms with Gasteiger partial charge in [0, 0.05) is 0 Å². The summed E-state index contributed by atoms with van der Waals surface area (Å²) in [5.41, 5.74) is 2.44. The van der Waals surface area contributed by atoms with Crippen LogP contribution >= 0.6 is 0 Å². The van der Waals surface area contributed by atoms with E-state index in [1.165, 1.54) is 11.1 Å². The van der Waals surface area contributed by atoms with E-state index in [0.29, 0.717) is 4.90 Å². The Morgan fingerprint density at radius 1 is 1.00 bits per heavy atom. The van der Waals surface area contributed by atoms with Crippen LogP contribution in [0.2, 0.25) is 0 Å². The van der Waals surface area contributed by atoms with Crippen LogP contribution in [0.15, 0.2) is 59.5 Å². The van der Waals surface area contributed by atoms with Gasteiger partial charge in [-0.05, 0) is 53.7 Å². The van der Waals surface area contributed by atoms with Crippen LogP contribution in [-0.2, 0) is 27.5 Å². The van der Waals surface area contributed by atoms with Crippen molar-refractivity contribution in [2.45, 2.75) is 50.5 Å². The maximum absolute atomic E-state index is 12.5. The Labute approximate surface area is 140 Å². The molecule has 124 valence electrons. The van der Waals surface area contributed by atoms with Crippen LogP contribution in [-0.4, -0.2) is 10.6 Å². The highest BCUT2D eigenvalue weighted by Crippen LogP contribution is 2.17. The third kappa shape index (κ3) is 5.57. The minimum atomic E-state index is -3.20. The summed E-state index contributed by atoms with van der Waals surface area (Å²) in [5.74, 6) is 0. The molecule has 2 aromatic rings. The molecular formula is C19H26NO2S+. The summed E-state index contributed by atoms with van der Waals surface area (Å²) >= 11 is 0. The first-order chi connectivity index (χ1) is 11.0. The molecule has 0 amide bonds. The summed E-state index contributed by atoms with van der Waals surface area (Å²) in [4.78, 5) is 0.448. The van der Waals surface area contributed by atoms with E-state index in [1.807, 2.05) is 37.3 Å². The summed E-state index contributed by atoms with van der Waals surface area (Å²) in [6, 6.07) is 17.5. The van der Waals surface area contributed by atoms with Gasteiger partial charge in [-0.2, -0.15) is 4.55 Å². The first kappa shape index (κ1) is 17.9. The molecule has 0 aliphatic rings. The molecule has 2 rings (SSSR count). The summed E-state index contributed by atoms with van der Waals surface area (Å²) in [6.45, 7) is 4.07. The monoisotopic (exact) mass is 332 g/mol. The minimum absolute atomic E-state index is 0.0389. The van der Waals surface area contributed by atoms with Gasteiger partial charge in [0.1, 0.15) is 0 Å². The second-order valence-electron chi connectivity index (χ2n) is 5.96. The van der Waals surface area contributed by atoms with E-state index >= 15 is 0 Å². The fourth-order valence-electron chi connectivity index (χ4n) is 2.56. The van der Waals surface area contributed by atoms with Gasteiger partial charge >= 0.3 is 10.4 Å². The average molecular weight is 332 g/mol. The van der Waals surface area contributed by atoms with E-state index in [-0.39, 0.29) is 6.04 Å². The molecule has 2 unspecified atom stereocenters. The zero-order chi connectivity index (χ0) is 16.7. The zero-order valence-corrected chi connectivity index (χ0v) is 14.7. The number of aryl methyl sites for hydroxylation is 2. The fraction of sp³-hybridized carbons (Fsp3) is 0.368. The molecule has 0 aromatic heterocycles. The van der Waals surface area contributed by atoms with E-state index in [2.05, 4.69) is 23.8 Å². The van der Waals surface area contributed by atoms with Gasteiger partial charge in [-0.15, -0.1) is 4.72 Å². The molecule has 2 aromatic carbocycles. The quantitative estimate of drug-likeness (QED) is 0.699. The fourth-order valence-corrected chi connectivity index (χ4v) is 3.86. The second kappa shape index (κ2) is 8.39. The van der Waals surface area contributed by atoms with Crippen molar-refractivity contribution in [1.82, 2.24) is 4.72 Å². The molecule has 0 spiro atoms. The van der Waals surface area contributed by atoms with Crippen LogP contribution < -0.4 is 4.72 Å². The summed E-state index contributed by atoms with van der Waals surface area (Å²) in [6.07, 6.45) is 3.77. The average Bonchev–Trinajstić information content (AvgIpc) is 2.54. The Hall–Kier alpha value is -1.49. The van der Waals surface area contributed by atoms with Crippen molar-refractivity contribution in [1.29, 1.82) is 0 Å². The van der Waals surface area contributed by atoms with Crippen LogP contribution in [0.3, 0.4) is 0 Å². The first-order valence-electron chi connectivity index (χ1n) is 8.18. The third-order valence-electron chi connectivity index (χ3n) is 3.85. The van der Waals surface area contributed by atoms with Gasteiger partial charge in [0.05, 0.1) is 6.04 Å². The van der Waals surface area contributed by atoms with E-state index in [9.17, 15) is 8.76 Å². The van der Waals surface area contributed by atoms with Crippen molar-refractivity contribution < 1.29 is 8.76 Å². The molecule has 0 heterocycles. The van der Waals surface area contributed by atoms with Crippen LogP contribution in [0.5, 0.6) is 0 Å². The Balaban J connectivity index is 1.92. The predicted molar refractivity (Wildman–Crippen MR) is 96.7 cm³/mol. The molecule has 0 bridgehead atoms. The molecule has 0 saturated carbocycles. The van der Waals surface area contributed by atoms with Crippen LogP contribution in [0.4, 0.5) is 0 Å². The molecule has 0 aliphatic carbocycles. The summed E-state index contributed by atoms with van der Waals surface area (Å²) in [7, 11) is -3.20. The number of nitrogens with one attached hydrogen (secondary N) is 1. The Kier molecular flexibility index (Phi) is 6.51. The smallest absolute Gasteiger partial charge is 0.163 e. The van der Waals surface area contributed by atoms with Crippen molar-refractivity contribution in [3.63, 3.8) is 0 Å². The van der Waals surface area contributed by atoms with E-state index < -0.39 is 10.4 Å². The summed E-state index contributed by atoms with van der Waals surface area (Å²) < 4.78 is 25.7. The van der Waals surface area contributed by atoms with Crippen LogP contribution in [0, 0.1) is 0 Å². The van der Waals surface area contributed by atoms with Crippen molar-refractivity contribution in [2.75, 3.05) is 0 Å². The summed E-state index contributed by atoms with van der Waals surface area (Å²) in [5, 5.41) is 0. The normalized spacial score (nSPS) is 15.1. The van der Waals surface area contributed by atoms with Crippen molar-refractivity contribution in [3.8, 4) is 0 Å². The first-order valence-corrected chi connectivity index (χ1v) is 9.69. The van der Waals surface area contributed by atoms with Crippen LogP contribution in [0.25, 0.3) is 0 Å². The third-order valence-corrected chi connectivity index (χ3v) is 5.48. The van der Waals surface area contributed by atoms with Crippen LogP contribution in [0.1, 0.15) is 37.8 Å². The van der Waals surface area contributed by atoms with Gasteiger partial charge in [0.2, 0.25) is 4.90 Å². The number of hydrogen-bond acceptors (Lipinski definition) is 1. The van der Waals surface area contributed by atoms with Crippen molar-refractivity contribution in [2.24, 2.45) is 0 Å². The molecule has 4 heteroatoms. The molecule has 0 fully saturated rings. The molecule has 2 atom stereocenters. The largest absolute Gasteiger partial charge is 0.323 e. The van der Waals surface area contributed by atoms with E-state index in [0.717, 1.165) is 25.7 Å². The molecule has 23 heavy (non-hydrogen) atoms. The SMILES string of the molecule is CCCc1ccc([S+](=O)(O)NC(C)CCc2ccccc2)cc1. The highest BCUT2D eigenvalue weighted by atomic mass is 32.3. The van der Waals surface area contributed by atoms with Crippen molar-refractivity contribution >= 4 is 10.4 Å². The maximum Gasteiger partial charge on any atom is 0.323 e. The number of rotatable bonds is 8. The lowest BCUT2D eigenvalue weighted by Gasteiger charge is -2.13.